The molecule has 0 amide bonds. The van der Waals surface area contributed by atoms with E-state index in [1.54, 1.807) is 12.1 Å². The maximum Gasteiger partial charge on any atom is 0.373 e. The van der Waals surface area contributed by atoms with Crippen molar-refractivity contribution in [1.29, 1.82) is 0 Å². The number of nitro groups is 1. The summed E-state index contributed by atoms with van der Waals surface area (Å²) in [5, 5.41) is 14.7. The van der Waals surface area contributed by atoms with Crippen LogP contribution in [-0.2, 0) is 4.74 Å². The Morgan fingerprint density at radius 3 is 2.50 bits per heavy atom. The predicted molar refractivity (Wildman–Crippen MR) is 99.1 cm³/mol. The lowest BCUT2D eigenvalue weighted by atomic mass is 10.2. The number of hydrogen-bond donors (Lipinski definition) is 1. The molecule has 2 heterocycles. The van der Waals surface area contributed by atoms with Crippen LogP contribution in [0.2, 0.25) is 5.02 Å². The van der Waals surface area contributed by atoms with Crippen molar-refractivity contribution in [1.82, 2.24) is 15.0 Å². The average molecular weight is 402 g/mol. The fourth-order valence-electron chi connectivity index (χ4n) is 2.15. The first-order valence-corrected chi connectivity index (χ1v) is 8.10. The highest BCUT2D eigenvalue weighted by molar-refractivity contribution is 6.30. The molecule has 3 aromatic rings. The number of esters is 1. The fourth-order valence-corrected chi connectivity index (χ4v) is 2.26. The summed E-state index contributed by atoms with van der Waals surface area (Å²) in [5.41, 5.74) is -0.167. The number of nitrogens with one attached hydrogen (secondary N) is 1. The van der Waals surface area contributed by atoms with E-state index in [-0.39, 0.29) is 17.4 Å². The van der Waals surface area contributed by atoms with Crippen LogP contribution in [0, 0.1) is 10.1 Å². The summed E-state index contributed by atoms with van der Waals surface area (Å²) >= 11 is 5.78. The van der Waals surface area contributed by atoms with E-state index in [2.05, 4.69) is 25.0 Å². The summed E-state index contributed by atoms with van der Waals surface area (Å²) < 4.78 is 10.1. The van der Waals surface area contributed by atoms with Gasteiger partial charge in [-0.15, -0.1) is 0 Å². The molecule has 28 heavy (non-hydrogen) atoms. The third-order valence-corrected chi connectivity index (χ3v) is 3.66. The van der Waals surface area contributed by atoms with E-state index < -0.39 is 16.6 Å². The first-order chi connectivity index (χ1) is 13.5. The van der Waals surface area contributed by atoms with Crippen molar-refractivity contribution < 1.29 is 19.2 Å². The maximum atomic E-state index is 11.6. The van der Waals surface area contributed by atoms with Gasteiger partial charge in [-0.2, -0.15) is 4.98 Å². The second-order valence-corrected chi connectivity index (χ2v) is 5.67. The highest BCUT2D eigenvalue weighted by atomic mass is 35.5. The van der Waals surface area contributed by atoms with Crippen LogP contribution in [0.4, 0.5) is 17.3 Å². The monoisotopic (exact) mass is 401 g/mol. The first kappa shape index (κ1) is 19.0. The van der Waals surface area contributed by atoms with Crippen LogP contribution >= 0.6 is 11.6 Å². The van der Waals surface area contributed by atoms with Gasteiger partial charge >= 0.3 is 17.5 Å². The molecule has 0 aliphatic carbocycles. The van der Waals surface area contributed by atoms with E-state index >= 15 is 0 Å². The highest BCUT2D eigenvalue weighted by Crippen LogP contribution is 2.35. The van der Waals surface area contributed by atoms with Gasteiger partial charge in [0.05, 0.1) is 22.6 Å². The second-order valence-electron chi connectivity index (χ2n) is 5.24. The minimum absolute atomic E-state index is 0.101. The Bertz CT molecular complexity index is 1010. The minimum atomic E-state index is -0.670. The fraction of sp³-hybridized carbons (Fsp3) is 0.0588. The molecule has 0 spiro atoms. The molecule has 0 aliphatic heterocycles. The quantitative estimate of drug-likeness (QED) is 0.372. The van der Waals surface area contributed by atoms with Crippen molar-refractivity contribution in [3.05, 3.63) is 69.6 Å². The number of methoxy groups -OCH3 is 1. The molecule has 2 aromatic heterocycles. The Kier molecular flexibility index (Phi) is 5.61. The Morgan fingerprint density at radius 2 is 1.89 bits per heavy atom. The van der Waals surface area contributed by atoms with Crippen LogP contribution in [0.25, 0.3) is 0 Å². The smallest absolute Gasteiger partial charge is 0.373 e. The molecule has 0 atom stereocenters. The number of aromatic nitrogens is 3. The first-order valence-electron chi connectivity index (χ1n) is 7.72. The molecule has 142 valence electrons. The number of carbonyl (C=O) groups excluding carboxylic acids is 1. The number of carbonyl (C=O) groups is 1. The maximum absolute atomic E-state index is 11.6. The van der Waals surface area contributed by atoms with Crippen molar-refractivity contribution >= 4 is 34.9 Å². The van der Waals surface area contributed by atoms with E-state index in [0.717, 1.165) is 6.33 Å². The summed E-state index contributed by atoms with van der Waals surface area (Å²) in [6.45, 7) is 0. The lowest BCUT2D eigenvalue weighted by Gasteiger charge is -2.09. The topological polar surface area (TPSA) is 129 Å². The van der Waals surface area contributed by atoms with Crippen molar-refractivity contribution in [3.8, 4) is 11.6 Å². The summed E-state index contributed by atoms with van der Waals surface area (Å²) in [7, 11) is 1.26. The molecule has 0 saturated carbocycles. The molecule has 0 radical (unpaired) electrons. The number of ether oxygens (including phenoxy) is 2. The van der Waals surface area contributed by atoms with Crippen LogP contribution in [0.15, 0.2) is 48.9 Å². The third kappa shape index (κ3) is 4.30. The van der Waals surface area contributed by atoms with Gasteiger partial charge < -0.3 is 14.8 Å². The van der Waals surface area contributed by atoms with Gasteiger partial charge in [-0.3, -0.25) is 10.1 Å². The molecular weight excluding hydrogens is 390 g/mol. The van der Waals surface area contributed by atoms with Gasteiger partial charge in [0, 0.05) is 6.20 Å². The Hall–Kier alpha value is -3.79. The van der Waals surface area contributed by atoms with Crippen LogP contribution in [0.1, 0.15) is 10.4 Å². The SMILES string of the molecule is COC(=O)c1ccc(Oc2ncnc(Nc3ccc(Cl)cn3)c2[N+](=O)[O-])cc1. The largest absolute Gasteiger partial charge is 0.465 e. The molecule has 3 rings (SSSR count). The van der Waals surface area contributed by atoms with E-state index in [1.807, 2.05) is 0 Å². The zero-order valence-corrected chi connectivity index (χ0v) is 15.1. The van der Waals surface area contributed by atoms with Gasteiger partial charge in [0.1, 0.15) is 17.9 Å². The van der Waals surface area contributed by atoms with Gasteiger partial charge in [-0.05, 0) is 36.4 Å². The van der Waals surface area contributed by atoms with Crippen molar-refractivity contribution in [3.63, 3.8) is 0 Å². The molecule has 10 nitrogen and oxygen atoms in total. The molecule has 1 N–H and O–H groups in total. The Balaban J connectivity index is 1.89. The number of nitrogens with zero attached hydrogens (tertiary/aromatic N) is 4. The number of benzene rings is 1. The van der Waals surface area contributed by atoms with E-state index in [4.69, 9.17) is 16.3 Å². The predicted octanol–water partition coefficient (Wildman–Crippen LogP) is 3.76. The van der Waals surface area contributed by atoms with E-state index in [9.17, 15) is 14.9 Å². The Labute approximate surface area is 163 Å². The van der Waals surface area contributed by atoms with Crippen molar-refractivity contribution in [2.45, 2.75) is 0 Å². The van der Waals surface area contributed by atoms with Gasteiger partial charge in [-0.25, -0.2) is 14.8 Å². The average Bonchev–Trinajstić information content (AvgIpc) is 2.69. The van der Waals surface area contributed by atoms with Gasteiger partial charge in [0.25, 0.3) is 0 Å². The summed E-state index contributed by atoms with van der Waals surface area (Å²) in [6, 6.07) is 8.97. The van der Waals surface area contributed by atoms with Gasteiger partial charge in [0.15, 0.2) is 0 Å². The Morgan fingerprint density at radius 1 is 1.14 bits per heavy atom. The van der Waals surface area contributed by atoms with Crippen LogP contribution in [-0.4, -0.2) is 33.0 Å². The minimum Gasteiger partial charge on any atom is -0.465 e. The normalized spacial score (nSPS) is 10.2. The highest BCUT2D eigenvalue weighted by Gasteiger charge is 2.25. The summed E-state index contributed by atoms with van der Waals surface area (Å²) in [5.74, 6) is -0.343. The second kappa shape index (κ2) is 8.27. The van der Waals surface area contributed by atoms with Gasteiger partial charge in [0.2, 0.25) is 5.82 Å². The standard InChI is InChI=1S/C17H12ClN5O5/c1-27-17(24)10-2-5-12(6-3-10)28-16-14(23(25)26)15(20-9-21-16)22-13-7-4-11(18)8-19-13/h2-9H,1H3,(H,19,20,21,22). The van der Waals surface area contributed by atoms with Crippen LogP contribution in [0.5, 0.6) is 11.6 Å². The molecule has 0 unspecified atom stereocenters. The zero-order chi connectivity index (χ0) is 20.1. The molecule has 11 heteroatoms. The number of halogens is 1. The summed E-state index contributed by atoms with van der Waals surface area (Å²) in [4.78, 5) is 34.1. The molecule has 1 aromatic carbocycles. The molecule has 0 fully saturated rings. The number of rotatable bonds is 6. The third-order valence-electron chi connectivity index (χ3n) is 3.44. The van der Waals surface area contributed by atoms with Crippen LogP contribution < -0.4 is 10.1 Å². The molecule has 0 bridgehead atoms. The van der Waals surface area contributed by atoms with E-state index in [0.29, 0.717) is 16.4 Å². The van der Waals surface area contributed by atoms with Gasteiger partial charge in [-0.1, -0.05) is 11.6 Å². The molecule has 0 aliphatic rings. The lowest BCUT2D eigenvalue weighted by Crippen LogP contribution is -2.04. The lowest BCUT2D eigenvalue weighted by molar-refractivity contribution is -0.385. The van der Waals surface area contributed by atoms with Crippen LogP contribution in [0.3, 0.4) is 0 Å². The number of anilines is 2. The number of pyridine rings is 1. The van der Waals surface area contributed by atoms with Crippen molar-refractivity contribution in [2.24, 2.45) is 0 Å². The summed E-state index contributed by atoms with van der Waals surface area (Å²) in [6.07, 6.45) is 2.50. The molecular formula is C17H12ClN5O5. The number of hydrogen-bond acceptors (Lipinski definition) is 9. The van der Waals surface area contributed by atoms with E-state index in [1.165, 1.54) is 37.6 Å². The molecule has 0 saturated heterocycles. The van der Waals surface area contributed by atoms with Crippen molar-refractivity contribution in [2.75, 3.05) is 12.4 Å². The zero-order valence-electron chi connectivity index (χ0n) is 14.3.